The third-order valence-electron chi connectivity index (χ3n) is 3.54. The number of nitrogens with one attached hydrogen (secondary N) is 1. The van der Waals surface area contributed by atoms with E-state index in [2.05, 4.69) is 30.6 Å². The number of nitrogens with zero attached hydrogens (tertiary/aromatic N) is 3. The Bertz CT molecular complexity index is 842. The molecule has 0 aliphatic heterocycles. The van der Waals surface area contributed by atoms with Crippen molar-refractivity contribution in [3.8, 4) is 0 Å². The Morgan fingerprint density at radius 2 is 2.22 bits per heavy atom. The molecule has 3 aromatic rings. The number of anilines is 1. The Kier molecular flexibility index (Phi) is 4.79. The van der Waals surface area contributed by atoms with Gasteiger partial charge in [0.2, 0.25) is 5.91 Å². The molecule has 3 rings (SSSR count). The average molecular weight is 393 g/mol. The highest BCUT2D eigenvalue weighted by Gasteiger charge is 2.14. The van der Waals surface area contributed by atoms with Gasteiger partial charge in [-0.25, -0.2) is 4.98 Å². The molecular weight excluding hydrogens is 376 g/mol. The first kappa shape index (κ1) is 16.2. The van der Waals surface area contributed by atoms with Gasteiger partial charge in [0.05, 0.1) is 23.6 Å². The van der Waals surface area contributed by atoms with Gasteiger partial charge in [-0.3, -0.25) is 14.1 Å². The molecule has 1 amide bonds. The summed E-state index contributed by atoms with van der Waals surface area (Å²) in [7, 11) is 1.94. The fraction of sp³-hybridized carbons (Fsp3) is 0.250. The number of halogens is 1. The van der Waals surface area contributed by atoms with Crippen LogP contribution in [0.5, 0.6) is 0 Å². The third-order valence-corrected chi connectivity index (χ3v) is 4.99. The maximum absolute atomic E-state index is 12.2. The molecule has 0 atom stereocenters. The molecular formula is C16H17BrN4OS. The number of imidazole rings is 1. The second kappa shape index (κ2) is 6.82. The molecule has 1 N–H and O–H groups in total. The summed E-state index contributed by atoms with van der Waals surface area (Å²) < 4.78 is 2.96. The van der Waals surface area contributed by atoms with Gasteiger partial charge in [-0.05, 0) is 42.0 Å². The number of aryl methyl sites for hydroxylation is 1. The minimum Gasteiger partial charge on any atom is -0.324 e. The number of benzene rings is 1. The molecule has 1 aromatic carbocycles. The molecule has 2 heterocycles. The van der Waals surface area contributed by atoms with E-state index >= 15 is 0 Å². The van der Waals surface area contributed by atoms with E-state index in [4.69, 9.17) is 0 Å². The zero-order valence-electron chi connectivity index (χ0n) is 12.9. The Morgan fingerprint density at radius 3 is 3.00 bits per heavy atom. The van der Waals surface area contributed by atoms with E-state index in [9.17, 15) is 4.79 Å². The fourth-order valence-electron chi connectivity index (χ4n) is 2.44. The number of amides is 1. The van der Waals surface area contributed by atoms with Crippen LogP contribution in [0.2, 0.25) is 0 Å². The van der Waals surface area contributed by atoms with Gasteiger partial charge in [0.15, 0.2) is 4.96 Å². The number of carbonyl (C=O) groups is 1. The normalized spacial score (nSPS) is 11.3. The number of hydrogen-bond acceptors (Lipinski definition) is 4. The van der Waals surface area contributed by atoms with Crippen LogP contribution in [0.3, 0.4) is 0 Å². The molecule has 0 saturated heterocycles. The van der Waals surface area contributed by atoms with E-state index in [-0.39, 0.29) is 5.91 Å². The minimum atomic E-state index is -0.0388. The van der Waals surface area contributed by atoms with Crippen LogP contribution >= 0.6 is 27.3 Å². The predicted octanol–water partition coefficient (Wildman–Crippen LogP) is 3.54. The van der Waals surface area contributed by atoms with Crippen molar-refractivity contribution in [2.75, 3.05) is 18.9 Å². The van der Waals surface area contributed by atoms with Crippen LogP contribution in [-0.4, -0.2) is 33.8 Å². The zero-order chi connectivity index (χ0) is 16.4. The molecule has 5 nitrogen and oxygen atoms in total. The summed E-state index contributed by atoms with van der Waals surface area (Å²) in [5.74, 6) is -0.0388. The number of para-hydroxylation sites is 1. The first-order chi connectivity index (χ1) is 11.0. The second-order valence-electron chi connectivity index (χ2n) is 5.40. The summed E-state index contributed by atoms with van der Waals surface area (Å²) in [5.41, 5.74) is 2.92. The number of hydrogen-bond donors (Lipinski definition) is 1. The molecule has 0 unspecified atom stereocenters. The summed E-state index contributed by atoms with van der Waals surface area (Å²) >= 11 is 5.05. The molecule has 0 radical (unpaired) electrons. The molecule has 7 heteroatoms. The molecule has 0 aliphatic rings. The first-order valence-corrected chi connectivity index (χ1v) is 8.86. The van der Waals surface area contributed by atoms with Crippen molar-refractivity contribution in [2.24, 2.45) is 0 Å². The van der Waals surface area contributed by atoms with E-state index in [1.165, 1.54) is 0 Å². The molecule has 0 spiro atoms. The maximum Gasteiger partial charge on any atom is 0.238 e. The molecule has 2 aromatic heterocycles. The molecule has 0 fully saturated rings. The largest absolute Gasteiger partial charge is 0.324 e. The van der Waals surface area contributed by atoms with Crippen molar-refractivity contribution in [3.05, 3.63) is 51.7 Å². The van der Waals surface area contributed by atoms with Crippen LogP contribution in [0.1, 0.15) is 11.4 Å². The lowest BCUT2D eigenvalue weighted by atomic mass is 10.3. The molecule has 23 heavy (non-hydrogen) atoms. The molecule has 0 aliphatic carbocycles. The number of fused-ring (bicyclic) bond motifs is 1. The topological polar surface area (TPSA) is 49.6 Å². The minimum absolute atomic E-state index is 0.0388. The van der Waals surface area contributed by atoms with E-state index in [0.29, 0.717) is 13.1 Å². The monoisotopic (exact) mass is 392 g/mol. The van der Waals surface area contributed by atoms with Crippen molar-refractivity contribution < 1.29 is 4.79 Å². The van der Waals surface area contributed by atoms with E-state index < -0.39 is 0 Å². The number of carbonyl (C=O) groups excluding carboxylic acids is 1. The quantitative estimate of drug-likeness (QED) is 0.722. The lowest BCUT2D eigenvalue weighted by Crippen LogP contribution is -2.30. The fourth-order valence-corrected chi connectivity index (χ4v) is 3.60. The van der Waals surface area contributed by atoms with Crippen LogP contribution in [-0.2, 0) is 11.3 Å². The zero-order valence-corrected chi connectivity index (χ0v) is 15.3. The van der Waals surface area contributed by atoms with E-state index in [0.717, 1.165) is 26.5 Å². The van der Waals surface area contributed by atoms with Gasteiger partial charge in [-0.2, -0.15) is 0 Å². The summed E-state index contributed by atoms with van der Waals surface area (Å²) in [6, 6.07) is 7.59. The number of thiazole rings is 1. The first-order valence-electron chi connectivity index (χ1n) is 7.18. The second-order valence-corrected chi connectivity index (χ2v) is 7.13. The number of aromatic nitrogens is 2. The van der Waals surface area contributed by atoms with E-state index in [1.54, 1.807) is 11.3 Å². The Hall–Kier alpha value is -1.70. The Balaban J connectivity index is 1.64. The van der Waals surface area contributed by atoms with Crippen LogP contribution < -0.4 is 5.32 Å². The number of rotatable bonds is 5. The Labute approximate surface area is 147 Å². The van der Waals surface area contributed by atoms with Crippen molar-refractivity contribution >= 4 is 43.8 Å². The van der Waals surface area contributed by atoms with Gasteiger partial charge in [-0.15, -0.1) is 11.3 Å². The summed E-state index contributed by atoms with van der Waals surface area (Å²) in [6.45, 7) is 3.00. The third kappa shape index (κ3) is 3.63. The van der Waals surface area contributed by atoms with Crippen LogP contribution in [0.15, 0.2) is 40.3 Å². The number of likely N-dealkylation sites (N-methyl/N-ethyl adjacent to an activating group) is 1. The van der Waals surface area contributed by atoms with Crippen molar-refractivity contribution in [1.29, 1.82) is 0 Å². The summed E-state index contributed by atoms with van der Waals surface area (Å²) in [5, 5.41) is 4.94. The molecule has 0 bridgehead atoms. The van der Waals surface area contributed by atoms with Crippen LogP contribution in [0.4, 0.5) is 5.69 Å². The van der Waals surface area contributed by atoms with E-state index in [1.807, 2.05) is 54.7 Å². The standard InChI is InChI=1S/C16H17BrN4OS/c1-11-14(21-7-8-23-16(21)18-11)9-20(2)10-15(22)19-13-6-4-3-5-12(13)17/h3-8H,9-10H2,1-2H3,(H,19,22). The molecule has 120 valence electrons. The smallest absolute Gasteiger partial charge is 0.238 e. The van der Waals surface area contributed by atoms with Gasteiger partial charge in [0.25, 0.3) is 0 Å². The SMILES string of the molecule is Cc1nc2sccn2c1CN(C)CC(=O)Nc1ccccc1Br. The van der Waals surface area contributed by atoms with Gasteiger partial charge < -0.3 is 5.32 Å². The van der Waals surface area contributed by atoms with Crippen LogP contribution in [0.25, 0.3) is 4.96 Å². The van der Waals surface area contributed by atoms with Crippen molar-refractivity contribution in [1.82, 2.24) is 14.3 Å². The summed E-state index contributed by atoms with van der Waals surface area (Å²) in [4.78, 5) is 19.7. The lowest BCUT2D eigenvalue weighted by molar-refractivity contribution is -0.117. The average Bonchev–Trinajstić information content (AvgIpc) is 3.04. The van der Waals surface area contributed by atoms with Crippen molar-refractivity contribution in [3.63, 3.8) is 0 Å². The van der Waals surface area contributed by atoms with Gasteiger partial charge in [0, 0.05) is 22.6 Å². The van der Waals surface area contributed by atoms with Crippen molar-refractivity contribution in [2.45, 2.75) is 13.5 Å². The van der Waals surface area contributed by atoms with Gasteiger partial charge in [-0.1, -0.05) is 12.1 Å². The predicted molar refractivity (Wildman–Crippen MR) is 96.9 cm³/mol. The maximum atomic E-state index is 12.2. The summed E-state index contributed by atoms with van der Waals surface area (Å²) in [6.07, 6.45) is 2.02. The van der Waals surface area contributed by atoms with Gasteiger partial charge >= 0.3 is 0 Å². The van der Waals surface area contributed by atoms with Gasteiger partial charge in [0.1, 0.15) is 0 Å². The van der Waals surface area contributed by atoms with Crippen LogP contribution in [0, 0.1) is 6.92 Å². The Morgan fingerprint density at radius 1 is 1.43 bits per heavy atom. The highest BCUT2D eigenvalue weighted by Crippen LogP contribution is 2.21. The lowest BCUT2D eigenvalue weighted by Gasteiger charge is -2.16. The highest BCUT2D eigenvalue weighted by molar-refractivity contribution is 9.10. The molecule has 0 saturated carbocycles. The highest BCUT2D eigenvalue weighted by atomic mass is 79.9.